The van der Waals surface area contributed by atoms with Gasteiger partial charge in [0, 0.05) is 22.4 Å². The molecule has 0 bridgehead atoms. The monoisotopic (exact) mass is 580 g/mol. The van der Waals surface area contributed by atoms with Crippen LogP contribution in [0.5, 0.6) is 0 Å². The molecule has 5 rings (SSSR count). The van der Waals surface area contributed by atoms with Crippen molar-refractivity contribution >= 4 is 15.9 Å². The van der Waals surface area contributed by atoms with E-state index in [0.29, 0.717) is 16.0 Å². The van der Waals surface area contributed by atoms with E-state index in [9.17, 15) is 28.5 Å². The van der Waals surface area contributed by atoms with Crippen LogP contribution in [0.4, 0.5) is 13.2 Å². The molecular weight excluding hydrogens is 561 g/mol. The second-order valence-electron chi connectivity index (χ2n) is 8.50. The van der Waals surface area contributed by atoms with Gasteiger partial charge in [0.2, 0.25) is 0 Å². The van der Waals surface area contributed by atoms with Crippen LogP contribution < -0.4 is 0 Å². The van der Waals surface area contributed by atoms with E-state index in [4.69, 9.17) is 4.74 Å². The Bertz CT molecular complexity index is 1430. The van der Waals surface area contributed by atoms with Crippen LogP contribution in [0, 0.1) is 24.4 Å². The first kappa shape index (κ1) is 25.5. The van der Waals surface area contributed by atoms with E-state index in [1.807, 2.05) is 0 Å². The van der Waals surface area contributed by atoms with Gasteiger partial charge in [-0.15, -0.1) is 0 Å². The first-order valence-electron chi connectivity index (χ1n) is 11.0. The number of rotatable bonds is 5. The van der Waals surface area contributed by atoms with Crippen molar-refractivity contribution in [2.75, 3.05) is 6.61 Å². The Balaban J connectivity index is 1.54. The highest BCUT2D eigenvalue weighted by atomic mass is 79.9. The summed E-state index contributed by atoms with van der Waals surface area (Å²) in [4.78, 5) is 8.53. The van der Waals surface area contributed by atoms with Crippen molar-refractivity contribution in [2.24, 2.45) is 0 Å². The fourth-order valence-electron chi connectivity index (χ4n) is 4.32. The summed E-state index contributed by atoms with van der Waals surface area (Å²) in [6, 6.07) is 2.20. The SMILES string of the molecule is Cc1nc([C@@H]2O[C@H](CO)[C@H](O)[C@H](n3cc(-c4cc(F)c(F)c(F)c4)cn3)[C@H]2O)n(-c2cncc(Br)c2)n1. The summed E-state index contributed by atoms with van der Waals surface area (Å²) in [6.07, 6.45) is 0.537. The van der Waals surface area contributed by atoms with Crippen LogP contribution in [0.25, 0.3) is 16.8 Å². The summed E-state index contributed by atoms with van der Waals surface area (Å²) in [5, 5.41) is 40.7. The smallest absolute Gasteiger partial charge is 0.194 e. The first-order valence-corrected chi connectivity index (χ1v) is 11.8. The van der Waals surface area contributed by atoms with E-state index in [-0.39, 0.29) is 17.0 Å². The minimum Gasteiger partial charge on any atom is -0.394 e. The maximum Gasteiger partial charge on any atom is 0.194 e. The number of ether oxygens (including phenoxy) is 1. The van der Waals surface area contributed by atoms with Gasteiger partial charge in [-0.3, -0.25) is 9.67 Å². The summed E-state index contributed by atoms with van der Waals surface area (Å²) in [5.74, 6) is -3.77. The minimum atomic E-state index is -1.60. The summed E-state index contributed by atoms with van der Waals surface area (Å²) in [6.45, 7) is 1.06. The Labute approximate surface area is 216 Å². The molecule has 0 aliphatic carbocycles. The van der Waals surface area contributed by atoms with Crippen molar-refractivity contribution in [3.63, 3.8) is 0 Å². The minimum absolute atomic E-state index is 0.00599. The average Bonchev–Trinajstić information content (AvgIpc) is 3.50. The van der Waals surface area contributed by atoms with Crippen LogP contribution in [0.1, 0.15) is 23.8 Å². The van der Waals surface area contributed by atoms with E-state index in [2.05, 4.69) is 36.1 Å². The Kier molecular flexibility index (Phi) is 6.85. The van der Waals surface area contributed by atoms with E-state index in [1.54, 1.807) is 19.2 Å². The lowest BCUT2D eigenvalue weighted by molar-refractivity contribution is -0.210. The molecule has 0 unspecified atom stereocenters. The lowest BCUT2D eigenvalue weighted by Crippen LogP contribution is -2.53. The Morgan fingerprint density at radius 2 is 1.76 bits per heavy atom. The van der Waals surface area contributed by atoms with Crippen molar-refractivity contribution in [2.45, 2.75) is 37.4 Å². The predicted molar refractivity (Wildman–Crippen MR) is 125 cm³/mol. The van der Waals surface area contributed by atoms with E-state index < -0.39 is 54.5 Å². The summed E-state index contributed by atoms with van der Waals surface area (Å²) >= 11 is 3.35. The molecule has 1 aromatic carbocycles. The fourth-order valence-corrected chi connectivity index (χ4v) is 4.68. The number of aromatic nitrogens is 6. The number of aliphatic hydroxyl groups excluding tert-OH is 3. The van der Waals surface area contributed by atoms with E-state index in [0.717, 1.165) is 12.1 Å². The third kappa shape index (κ3) is 4.66. The zero-order valence-corrected chi connectivity index (χ0v) is 20.7. The van der Waals surface area contributed by atoms with Gasteiger partial charge in [0.25, 0.3) is 0 Å². The van der Waals surface area contributed by atoms with Gasteiger partial charge in [0.1, 0.15) is 36.3 Å². The van der Waals surface area contributed by atoms with Crippen molar-refractivity contribution < 1.29 is 33.2 Å². The Hall–Kier alpha value is -3.17. The number of nitrogens with zero attached hydrogens (tertiary/aromatic N) is 6. The summed E-state index contributed by atoms with van der Waals surface area (Å²) in [7, 11) is 0. The lowest BCUT2D eigenvalue weighted by atomic mass is 9.92. The molecule has 4 aromatic rings. The number of halogens is 4. The van der Waals surface area contributed by atoms with Crippen molar-refractivity contribution in [3.05, 3.63) is 76.6 Å². The lowest BCUT2D eigenvalue weighted by Gasteiger charge is -2.41. The highest BCUT2D eigenvalue weighted by Gasteiger charge is 2.48. The molecule has 10 nitrogen and oxygen atoms in total. The van der Waals surface area contributed by atoms with Gasteiger partial charge in [0.15, 0.2) is 23.3 Å². The van der Waals surface area contributed by atoms with Crippen LogP contribution in [0.3, 0.4) is 0 Å². The van der Waals surface area contributed by atoms with E-state index >= 15 is 0 Å². The highest BCUT2D eigenvalue weighted by molar-refractivity contribution is 9.10. The fraction of sp³-hybridized carbons (Fsp3) is 0.304. The zero-order valence-electron chi connectivity index (χ0n) is 19.1. The second kappa shape index (κ2) is 9.95. The topological polar surface area (TPSA) is 131 Å². The summed E-state index contributed by atoms with van der Waals surface area (Å²) < 4.78 is 50.1. The van der Waals surface area contributed by atoms with Crippen LogP contribution in [0.15, 0.2) is 47.5 Å². The second-order valence-corrected chi connectivity index (χ2v) is 9.42. The third-order valence-corrected chi connectivity index (χ3v) is 6.48. The third-order valence-electron chi connectivity index (χ3n) is 6.04. The normalized spacial score (nSPS) is 23.9. The summed E-state index contributed by atoms with van der Waals surface area (Å²) in [5.41, 5.74) is 0.734. The average molecular weight is 581 g/mol. The molecule has 0 amide bonds. The molecule has 0 spiro atoms. The molecule has 1 fully saturated rings. The van der Waals surface area contributed by atoms with Gasteiger partial charge in [-0.25, -0.2) is 22.8 Å². The Morgan fingerprint density at radius 3 is 2.43 bits per heavy atom. The first-order chi connectivity index (χ1) is 17.7. The van der Waals surface area contributed by atoms with Crippen LogP contribution >= 0.6 is 15.9 Å². The molecule has 0 radical (unpaired) electrons. The maximum absolute atomic E-state index is 13.8. The van der Waals surface area contributed by atoms with Crippen molar-refractivity contribution in [1.82, 2.24) is 29.5 Å². The highest BCUT2D eigenvalue weighted by Crippen LogP contribution is 2.39. The maximum atomic E-state index is 13.8. The molecule has 14 heteroatoms. The van der Waals surface area contributed by atoms with Crippen LogP contribution in [-0.4, -0.2) is 69.8 Å². The van der Waals surface area contributed by atoms with Gasteiger partial charge in [0.05, 0.1) is 24.7 Å². The standard InChI is InChI=1S/C23H20BrF3N6O4/c1-10-30-23(33(31-10)14-4-13(24)6-28-7-14)22-21(36)19(20(35)17(9-34)37-22)32-8-12(5-29-32)11-2-15(25)18(27)16(26)3-11/h2-8,17,19-22,34-36H,9H2,1H3/t17-,19+,20+,21-,22-/m1/s1. The molecule has 1 aliphatic heterocycles. The van der Waals surface area contributed by atoms with Gasteiger partial charge in [-0.05, 0) is 46.6 Å². The van der Waals surface area contributed by atoms with Gasteiger partial charge < -0.3 is 20.1 Å². The quantitative estimate of drug-likeness (QED) is 0.307. The number of benzene rings is 1. The van der Waals surface area contributed by atoms with Gasteiger partial charge >= 0.3 is 0 Å². The number of aliphatic hydroxyl groups is 3. The zero-order chi connectivity index (χ0) is 26.4. The van der Waals surface area contributed by atoms with Crippen molar-refractivity contribution in [3.8, 4) is 16.8 Å². The molecule has 3 N–H and O–H groups in total. The van der Waals surface area contributed by atoms with Gasteiger partial charge in [-0.1, -0.05) is 0 Å². The molecular formula is C23H20BrF3N6O4. The van der Waals surface area contributed by atoms with Crippen LogP contribution in [-0.2, 0) is 4.74 Å². The molecule has 3 aromatic heterocycles. The van der Waals surface area contributed by atoms with E-state index in [1.165, 1.54) is 28.0 Å². The van der Waals surface area contributed by atoms with Crippen LogP contribution in [0.2, 0.25) is 0 Å². The largest absolute Gasteiger partial charge is 0.394 e. The number of aryl methyl sites for hydroxylation is 1. The molecule has 1 saturated heterocycles. The Morgan fingerprint density at radius 1 is 1.03 bits per heavy atom. The molecule has 5 atom stereocenters. The molecule has 4 heterocycles. The molecule has 1 aliphatic rings. The van der Waals surface area contributed by atoms with Crippen molar-refractivity contribution in [1.29, 1.82) is 0 Å². The number of hydrogen-bond donors (Lipinski definition) is 3. The number of pyridine rings is 1. The van der Waals surface area contributed by atoms with Gasteiger partial charge in [-0.2, -0.15) is 10.2 Å². The molecule has 37 heavy (non-hydrogen) atoms. The molecule has 194 valence electrons. The molecule has 0 saturated carbocycles. The predicted octanol–water partition coefficient (Wildman–Crippen LogP) is 2.41. The number of hydrogen-bond acceptors (Lipinski definition) is 8.